The molecule has 0 saturated heterocycles. The van der Waals surface area contributed by atoms with Gasteiger partial charge in [-0.05, 0) is 63.2 Å². The minimum Gasteiger partial charge on any atom is -0.497 e. The third kappa shape index (κ3) is 5.37. The fourth-order valence-corrected chi connectivity index (χ4v) is 6.29. The Bertz CT molecular complexity index is 1930. The van der Waals surface area contributed by atoms with Gasteiger partial charge in [-0.3, -0.25) is 24.3 Å². The van der Waals surface area contributed by atoms with Gasteiger partial charge < -0.3 is 18.9 Å². The van der Waals surface area contributed by atoms with Gasteiger partial charge in [0, 0.05) is 42.7 Å². The molecule has 2 aromatic carbocycles. The topological polar surface area (TPSA) is 121 Å². The largest absolute Gasteiger partial charge is 0.497 e. The van der Waals surface area contributed by atoms with Gasteiger partial charge in [0.1, 0.15) is 17.5 Å². The van der Waals surface area contributed by atoms with Crippen LogP contribution < -0.4 is 24.4 Å². The number of benzene rings is 2. The van der Waals surface area contributed by atoms with Crippen molar-refractivity contribution in [2.45, 2.75) is 26.8 Å². The molecule has 1 aliphatic rings. The zero-order chi connectivity index (χ0) is 30.8. The van der Waals surface area contributed by atoms with E-state index in [4.69, 9.17) is 14.5 Å². The van der Waals surface area contributed by atoms with Crippen molar-refractivity contribution in [3.63, 3.8) is 0 Å². The third-order valence-electron chi connectivity index (χ3n) is 7.41. The highest BCUT2D eigenvalue weighted by atomic mass is 32.1. The van der Waals surface area contributed by atoms with Crippen molar-refractivity contribution in [3.05, 3.63) is 113 Å². The van der Waals surface area contributed by atoms with Crippen LogP contribution in [0.2, 0.25) is 0 Å². The number of nitro benzene ring substituents is 1. The predicted molar refractivity (Wildman–Crippen MR) is 164 cm³/mol. The van der Waals surface area contributed by atoms with Crippen molar-refractivity contribution < 1.29 is 19.2 Å². The molecule has 222 valence electrons. The van der Waals surface area contributed by atoms with E-state index in [1.807, 2.05) is 19.9 Å². The van der Waals surface area contributed by atoms with Gasteiger partial charge in [0.25, 0.3) is 17.2 Å². The third-order valence-corrected chi connectivity index (χ3v) is 8.40. The summed E-state index contributed by atoms with van der Waals surface area (Å²) in [4.78, 5) is 45.9. The van der Waals surface area contributed by atoms with Crippen LogP contribution in [0.3, 0.4) is 0 Å². The van der Waals surface area contributed by atoms with E-state index in [2.05, 4.69) is 0 Å². The summed E-state index contributed by atoms with van der Waals surface area (Å²) in [5, 5.41) is 11.4. The molecule has 2 aromatic heterocycles. The van der Waals surface area contributed by atoms with Gasteiger partial charge >= 0.3 is 0 Å². The van der Waals surface area contributed by atoms with Gasteiger partial charge in [0.15, 0.2) is 4.80 Å². The Hall–Kier alpha value is -4.97. The van der Waals surface area contributed by atoms with Gasteiger partial charge in [-0.1, -0.05) is 17.4 Å². The second-order valence-corrected chi connectivity index (χ2v) is 10.8. The number of amides is 1. The standard InChI is InChI=1S/C31H31N5O6S/c1-6-33(7-2)30(38)27-19(3)32-31-35(28(27)24-18-23(41-4)13-14-25(24)42-5)29(37)26(43-31)17-21-12-9-15-34(21)20-10-8-11-22(16-20)36(39)40/h8-18,28H,6-7H2,1-5H3/b26-17+/t28-/m1/s1. The molecule has 11 nitrogen and oxygen atoms in total. The van der Waals surface area contributed by atoms with Crippen molar-refractivity contribution in [1.82, 2.24) is 14.0 Å². The first-order valence-electron chi connectivity index (χ1n) is 13.7. The average molecular weight is 602 g/mol. The molecule has 0 radical (unpaired) electrons. The summed E-state index contributed by atoms with van der Waals surface area (Å²) in [6.07, 6.45) is 3.50. The molecule has 5 rings (SSSR count). The number of ether oxygens (including phenoxy) is 2. The molecule has 0 aliphatic carbocycles. The Morgan fingerprint density at radius 3 is 2.56 bits per heavy atom. The Kier molecular flexibility index (Phi) is 8.31. The van der Waals surface area contributed by atoms with E-state index in [1.54, 1.807) is 79.3 Å². The van der Waals surface area contributed by atoms with E-state index >= 15 is 0 Å². The number of methoxy groups -OCH3 is 2. The van der Waals surface area contributed by atoms with Crippen LogP contribution in [0, 0.1) is 10.1 Å². The van der Waals surface area contributed by atoms with E-state index in [0.29, 0.717) is 62.1 Å². The van der Waals surface area contributed by atoms with Crippen molar-refractivity contribution in [2.75, 3.05) is 27.3 Å². The fourth-order valence-electron chi connectivity index (χ4n) is 5.26. The van der Waals surface area contributed by atoms with Crippen molar-refractivity contribution in [3.8, 4) is 17.2 Å². The molecule has 0 spiro atoms. The van der Waals surface area contributed by atoms with Crippen LogP contribution in [0.15, 0.2) is 81.9 Å². The Morgan fingerprint density at radius 1 is 1.12 bits per heavy atom. The zero-order valence-corrected chi connectivity index (χ0v) is 25.3. The number of fused-ring (bicyclic) bond motifs is 1. The van der Waals surface area contributed by atoms with Gasteiger partial charge in [0.2, 0.25) is 0 Å². The lowest BCUT2D eigenvalue weighted by atomic mass is 9.93. The molecule has 0 N–H and O–H groups in total. The molecule has 1 aliphatic heterocycles. The number of allylic oxidation sites excluding steroid dienone is 1. The summed E-state index contributed by atoms with van der Waals surface area (Å²) in [5.74, 6) is 0.839. The lowest BCUT2D eigenvalue weighted by Crippen LogP contribution is -2.43. The first-order chi connectivity index (χ1) is 20.7. The van der Waals surface area contributed by atoms with Crippen LogP contribution in [0.1, 0.15) is 38.1 Å². The van der Waals surface area contributed by atoms with Gasteiger partial charge in [-0.15, -0.1) is 0 Å². The van der Waals surface area contributed by atoms with E-state index in [-0.39, 0.29) is 17.2 Å². The van der Waals surface area contributed by atoms with Crippen molar-refractivity contribution in [2.24, 2.45) is 4.99 Å². The summed E-state index contributed by atoms with van der Waals surface area (Å²) in [7, 11) is 3.09. The molecule has 3 heterocycles. The van der Waals surface area contributed by atoms with Crippen LogP contribution in [0.25, 0.3) is 11.8 Å². The Balaban J connectivity index is 1.74. The van der Waals surface area contributed by atoms with E-state index < -0.39 is 11.0 Å². The maximum absolute atomic E-state index is 14.2. The van der Waals surface area contributed by atoms with Gasteiger partial charge in [-0.2, -0.15) is 0 Å². The summed E-state index contributed by atoms with van der Waals surface area (Å²) in [5.41, 5.74) is 2.36. The molecule has 0 unspecified atom stereocenters. The van der Waals surface area contributed by atoms with E-state index in [1.165, 1.54) is 28.0 Å². The van der Waals surface area contributed by atoms with E-state index in [9.17, 15) is 19.7 Å². The normalized spacial score (nSPS) is 14.7. The number of carbonyl (C=O) groups excluding carboxylic acids is 1. The average Bonchev–Trinajstić information content (AvgIpc) is 3.60. The van der Waals surface area contributed by atoms with Crippen molar-refractivity contribution in [1.29, 1.82) is 0 Å². The molecule has 4 aromatic rings. The number of aromatic nitrogens is 2. The van der Waals surface area contributed by atoms with Crippen LogP contribution in [0.5, 0.6) is 11.5 Å². The summed E-state index contributed by atoms with van der Waals surface area (Å²) in [6, 6.07) is 14.4. The Labute approximate surface area is 251 Å². The van der Waals surface area contributed by atoms with Gasteiger partial charge in [0.05, 0.1) is 40.6 Å². The van der Waals surface area contributed by atoms with Gasteiger partial charge in [-0.25, -0.2) is 4.99 Å². The van der Waals surface area contributed by atoms with Crippen LogP contribution >= 0.6 is 11.3 Å². The SMILES string of the molecule is CCN(CC)C(=O)C1=C(C)N=c2s/c(=C/c3cccn3-c3cccc([N+](=O)[O-])c3)c(=O)n2[C@@H]1c1cc(OC)ccc1OC. The lowest BCUT2D eigenvalue weighted by molar-refractivity contribution is -0.384. The highest BCUT2D eigenvalue weighted by Gasteiger charge is 2.36. The molecule has 1 atom stereocenters. The number of carbonyl (C=O) groups is 1. The van der Waals surface area contributed by atoms with Crippen LogP contribution in [-0.4, -0.2) is 52.2 Å². The molecule has 1 amide bonds. The first kappa shape index (κ1) is 29.5. The first-order valence-corrected chi connectivity index (χ1v) is 14.5. The predicted octanol–water partition coefficient (Wildman–Crippen LogP) is 3.82. The number of hydrogen-bond donors (Lipinski definition) is 0. The highest BCUT2D eigenvalue weighted by molar-refractivity contribution is 7.07. The number of thiazole rings is 1. The molecular weight excluding hydrogens is 570 g/mol. The van der Waals surface area contributed by atoms with E-state index in [0.717, 1.165) is 0 Å². The fraction of sp³-hybridized carbons (Fsp3) is 0.258. The van der Waals surface area contributed by atoms with Crippen molar-refractivity contribution >= 4 is 29.0 Å². The van der Waals surface area contributed by atoms with Crippen LogP contribution in [0.4, 0.5) is 5.69 Å². The Morgan fingerprint density at radius 2 is 1.88 bits per heavy atom. The number of likely N-dealkylation sites (N-methyl/N-ethyl adjacent to an activating group) is 1. The monoisotopic (exact) mass is 601 g/mol. The lowest BCUT2D eigenvalue weighted by Gasteiger charge is -2.30. The molecule has 43 heavy (non-hydrogen) atoms. The number of rotatable bonds is 9. The second kappa shape index (κ2) is 12.1. The summed E-state index contributed by atoms with van der Waals surface area (Å²) >= 11 is 1.21. The quantitative estimate of drug-likeness (QED) is 0.213. The second-order valence-electron chi connectivity index (χ2n) is 9.75. The minimum atomic E-state index is -0.819. The molecule has 0 saturated carbocycles. The summed E-state index contributed by atoms with van der Waals surface area (Å²) < 4.78 is 14.9. The number of non-ortho nitro benzene ring substituents is 1. The molecule has 0 bridgehead atoms. The maximum atomic E-state index is 14.2. The molecular formula is C31H31N5O6S. The van der Waals surface area contributed by atoms with Crippen LogP contribution in [-0.2, 0) is 4.79 Å². The smallest absolute Gasteiger partial charge is 0.271 e. The number of nitro groups is 1. The maximum Gasteiger partial charge on any atom is 0.271 e. The minimum absolute atomic E-state index is 0.0374. The summed E-state index contributed by atoms with van der Waals surface area (Å²) in [6.45, 7) is 6.58. The number of nitrogens with zero attached hydrogens (tertiary/aromatic N) is 5. The number of hydrogen-bond acceptors (Lipinski definition) is 8. The molecule has 12 heteroatoms. The molecule has 0 fully saturated rings. The highest BCUT2D eigenvalue weighted by Crippen LogP contribution is 2.38. The zero-order valence-electron chi connectivity index (χ0n) is 24.4.